The van der Waals surface area contributed by atoms with Gasteiger partial charge in [0, 0.05) is 10.6 Å². The molecule has 1 amide bonds. The van der Waals surface area contributed by atoms with E-state index in [1.165, 1.54) is 12.1 Å². The molecule has 0 aliphatic carbocycles. The molecule has 0 N–H and O–H groups in total. The summed E-state index contributed by atoms with van der Waals surface area (Å²) in [6.45, 7) is 0. The highest BCUT2D eigenvalue weighted by atomic mass is 35.5. The fraction of sp³-hybridized carbons (Fsp3) is 0. The van der Waals surface area contributed by atoms with Crippen LogP contribution in [0.1, 0.15) is 10.4 Å². The highest BCUT2D eigenvalue weighted by molar-refractivity contribution is 7.62. The molecule has 0 aromatic heterocycles. The van der Waals surface area contributed by atoms with Crippen molar-refractivity contribution < 1.29 is 13.2 Å². The molecule has 0 radical (unpaired) electrons. The lowest BCUT2D eigenvalue weighted by molar-refractivity contribution is 0.100. The first-order valence-corrected chi connectivity index (χ1v) is 6.61. The van der Waals surface area contributed by atoms with Crippen molar-refractivity contribution in [2.24, 2.45) is 4.36 Å². The van der Waals surface area contributed by atoms with Crippen molar-refractivity contribution in [3.8, 4) is 0 Å². The van der Waals surface area contributed by atoms with E-state index < -0.39 is 16.4 Å². The van der Waals surface area contributed by atoms with Crippen LogP contribution in [0.25, 0.3) is 0 Å². The van der Waals surface area contributed by atoms with Crippen LogP contribution in [-0.4, -0.2) is 14.3 Å². The molecule has 0 unspecified atom stereocenters. The van der Waals surface area contributed by atoms with Crippen molar-refractivity contribution in [1.29, 1.82) is 0 Å². The van der Waals surface area contributed by atoms with Crippen LogP contribution in [0.15, 0.2) is 65.0 Å². The number of carbonyl (C=O) groups is 1. The van der Waals surface area contributed by atoms with Crippen molar-refractivity contribution in [1.82, 2.24) is 0 Å². The van der Waals surface area contributed by atoms with E-state index in [1.807, 2.05) is 30.3 Å². The second-order valence-corrected chi connectivity index (χ2v) is 4.33. The fourth-order valence-corrected chi connectivity index (χ4v) is 1.50. The molecule has 0 saturated heterocycles. The summed E-state index contributed by atoms with van der Waals surface area (Å²) >= 11 is 5.54. The SMILES string of the molecule is Clc1ccccc1.O=C(N=S(=O)=O)c1ccccc1. The quantitative estimate of drug-likeness (QED) is 0.811. The van der Waals surface area contributed by atoms with Crippen LogP contribution in [0.5, 0.6) is 0 Å². The molecule has 19 heavy (non-hydrogen) atoms. The number of amides is 1. The van der Waals surface area contributed by atoms with Gasteiger partial charge in [-0.2, -0.15) is 8.42 Å². The number of halogens is 1. The fourth-order valence-electron chi connectivity index (χ4n) is 1.12. The summed E-state index contributed by atoms with van der Waals surface area (Å²) in [7, 11) is -2.67. The second kappa shape index (κ2) is 8.18. The third kappa shape index (κ3) is 6.49. The lowest BCUT2D eigenvalue weighted by atomic mass is 10.2. The van der Waals surface area contributed by atoms with Gasteiger partial charge in [0.25, 0.3) is 5.91 Å². The molecule has 2 rings (SSSR count). The number of hydrogen-bond donors (Lipinski definition) is 0. The molecule has 0 bridgehead atoms. The van der Waals surface area contributed by atoms with Crippen LogP contribution in [0.3, 0.4) is 0 Å². The number of hydrogen-bond acceptors (Lipinski definition) is 3. The Morgan fingerprint density at radius 3 is 1.74 bits per heavy atom. The topological polar surface area (TPSA) is 63.6 Å². The largest absolute Gasteiger partial charge is 0.319 e. The van der Waals surface area contributed by atoms with E-state index in [0.717, 1.165) is 5.02 Å². The highest BCUT2D eigenvalue weighted by Gasteiger charge is 2.01. The van der Waals surface area contributed by atoms with Gasteiger partial charge in [-0.05, 0) is 24.3 Å². The summed E-state index contributed by atoms with van der Waals surface area (Å²) in [5, 5.41) is 0.794. The second-order valence-electron chi connectivity index (χ2n) is 3.28. The zero-order chi connectivity index (χ0) is 14.1. The Kier molecular flexibility index (Phi) is 6.49. The third-order valence-corrected chi connectivity index (χ3v) is 2.48. The van der Waals surface area contributed by atoms with E-state index >= 15 is 0 Å². The van der Waals surface area contributed by atoms with Gasteiger partial charge >= 0.3 is 10.5 Å². The summed E-state index contributed by atoms with van der Waals surface area (Å²) in [6, 6.07) is 17.4. The Labute approximate surface area is 117 Å². The molecule has 2 aromatic rings. The maximum absolute atomic E-state index is 10.9. The highest BCUT2D eigenvalue weighted by Crippen LogP contribution is 2.03. The molecule has 6 heteroatoms. The van der Waals surface area contributed by atoms with Gasteiger partial charge in [-0.3, -0.25) is 4.79 Å². The van der Waals surface area contributed by atoms with E-state index in [1.54, 1.807) is 18.2 Å². The number of nitrogens with zero attached hydrogens (tertiary/aromatic N) is 1. The molecule has 4 nitrogen and oxygen atoms in total. The molecule has 0 saturated carbocycles. The summed E-state index contributed by atoms with van der Waals surface area (Å²) in [5.41, 5.74) is 0.265. The minimum absolute atomic E-state index is 0.265. The Balaban J connectivity index is 0.000000218. The molecule has 0 fully saturated rings. The standard InChI is InChI=1S/C7H5NO3S.C6H5Cl/c9-7(8-12(10)11)6-4-2-1-3-5-6;7-6-4-2-1-3-5-6/h1-5H;1-5H. The maximum Gasteiger partial charge on any atom is 0.319 e. The minimum atomic E-state index is -2.67. The summed E-state index contributed by atoms with van der Waals surface area (Å²) in [4.78, 5) is 10.9. The van der Waals surface area contributed by atoms with Gasteiger partial charge in [-0.1, -0.05) is 52.4 Å². The molecular weight excluding hydrogens is 286 g/mol. The Morgan fingerprint density at radius 1 is 0.895 bits per heavy atom. The first kappa shape index (κ1) is 15.1. The van der Waals surface area contributed by atoms with Crippen LogP contribution in [0.4, 0.5) is 0 Å². The Hall–Kier alpha value is -1.98. The molecule has 0 aliphatic rings. The van der Waals surface area contributed by atoms with Crippen LogP contribution < -0.4 is 0 Å². The Bertz CT molecular complexity index is 647. The average Bonchev–Trinajstić information content (AvgIpc) is 2.40. The molecular formula is C13H10ClNO3S. The minimum Gasteiger partial charge on any atom is -0.266 e. The summed E-state index contributed by atoms with van der Waals surface area (Å²) in [5.74, 6) is -0.746. The van der Waals surface area contributed by atoms with Crippen molar-refractivity contribution in [3.05, 3.63) is 71.2 Å². The van der Waals surface area contributed by atoms with Gasteiger partial charge in [-0.25, -0.2) is 0 Å². The van der Waals surface area contributed by atoms with Crippen LogP contribution in [0.2, 0.25) is 5.02 Å². The summed E-state index contributed by atoms with van der Waals surface area (Å²) in [6.07, 6.45) is 0. The van der Waals surface area contributed by atoms with Gasteiger partial charge in [0.15, 0.2) is 0 Å². The van der Waals surface area contributed by atoms with Crippen LogP contribution >= 0.6 is 11.6 Å². The molecule has 98 valence electrons. The lowest BCUT2D eigenvalue weighted by Gasteiger charge is -1.88. The van der Waals surface area contributed by atoms with Gasteiger partial charge in [0.1, 0.15) is 0 Å². The van der Waals surface area contributed by atoms with E-state index in [4.69, 9.17) is 11.6 Å². The smallest absolute Gasteiger partial charge is 0.266 e. The van der Waals surface area contributed by atoms with Gasteiger partial charge < -0.3 is 0 Å². The summed E-state index contributed by atoms with van der Waals surface area (Å²) < 4.78 is 22.8. The molecule has 0 spiro atoms. The monoisotopic (exact) mass is 295 g/mol. The molecule has 0 aliphatic heterocycles. The lowest BCUT2D eigenvalue weighted by Crippen LogP contribution is -1.92. The van der Waals surface area contributed by atoms with Crippen molar-refractivity contribution in [2.45, 2.75) is 0 Å². The maximum atomic E-state index is 10.9. The predicted molar refractivity (Wildman–Crippen MR) is 73.6 cm³/mol. The van der Waals surface area contributed by atoms with Crippen LogP contribution in [0, 0.1) is 0 Å². The van der Waals surface area contributed by atoms with Gasteiger partial charge in [0.05, 0.1) is 0 Å². The number of rotatable bonds is 1. The number of carbonyl (C=O) groups excluding carboxylic acids is 1. The zero-order valence-corrected chi connectivity index (χ0v) is 11.3. The molecule has 2 aromatic carbocycles. The average molecular weight is 296 g/mol. The Morgan fingerprint density at radius 2 is 1.37 bits per heavy atom. The third-order valence-electron chi connectivity index (χ3n) is 1.91. The first-order valence-electron chi connectivity index (χ1n) is 5.20. The van der Waals surface area contributed by atoms with E-state index in [-0.39, 0.29) is 5.56 Å². The van der Waals surface area contributed by atoms with E-state index in [2.05, 4.69) is 4.36 Å². The van der Waals surface area contributed by atoms with Gasteiger partial charge in [0.2, 0.25) is 0 Å². The van der Waals surface area contributed by atoms with Gasteiger partial charge in [-0.15, -0.1) is 0 Å². The zero-order valence-electron chi connectivity index (χ0n) is 9.73. The van der Waals surface area contributed by atoms with Crippen molar-refractivity contribution in [2.75, 3.05) is 0 Å². The first-order chi connectivity index (χ1) is 9.09. The molecule has 0 heterocycles. The van der Waals surface area contributed by atoms with Crippen molar-refractivity contribution in [3.63, 3.8) is 0 Å². The number of benzene rings is 2. The van der Waals surface area contributed by atoms with Crippen LogP contribution in [-0.2, 0) is 10.5 Å². The molecule has 0 atom stereocenters. The predicted octanol–water partition coefficient (Wildman–Crippen LogP) is 3.23. The van der Waals surface area contributed by atoms with Crippen molar-refractivity contribution >= 4 is 28.0 Å². The van der Waals surface area contributed by atoms with E-state index in [9.17, 15) is 13.2 Å². The van der Waals surface area contributed by atoms with E-state index in [0.29, 0.717) is 0 Å². The normalized spacial score (nSPS) is 8.89.